The van der Waals surface area contributed by atoms with E-state index in [2.05, 4.69) is 292 Å². The zero-order valence-corrected chi connectivity index (χ0v) is 89.6. The van der Waals surface area contributed by atoms with Crippen molar-refractivity contribution in [3.63, 3.8) is 0 Å². The fourth-order valence-electron chi connectivity index (χ4n) is 12.0. The summed E-state index contributed by atoms with van der Waals surface area (Å²) in [5, 5.41) is 19.8. The van der Waals surface area contributed by atoms with Gasteiger partial charge in [-0.2, -0.15) is 0 Å². The number of alkyl halides is 2. The summed E-state index contributed by atoms with van der Waals surface area (Å²) in [6.07, 6.45) is 51.1. The SMILES string of the molecule is CCC(C)Br.CCC(C)Oc1ccc(C(=O)OC)cc1NC/C=C(\C)CC/C=C(\C)CCC=C(C)C.CCCI.CCCOc1ccc(C(=O)OC)cc1N(C/C=C(\C)CC/C=C(\C)CCC=C(C)C)CCC.CCCOc1ccc(C(=O)OC)cc1NC/C=C(\C)CC/C=C(\C)CCC=C(C)C.COC(=O)c1ccc(O)c(NC/C=C(\C)CC/C=C(\C)CCC=C(C)C)c1. The van der Waals surface area contributed by atoms with E-state index in [4.69, 9.17) is 33.2 Å². The molecule has 4 aromatic carbocycles. The first kappa shape index (κ1) is 123. The third-order valence-electron chi connectivity index (χ3n) is 20.4. The summed E-state index contributed by atoms with van der Waals surface area (Å²) in [7, 11) is 5.53. The van der Waals surface area contributed by atoms with E-state index in [1.54, 1.807) is 42.5 Å². The van der Waals surface area contributed by atoms with Gasteiger partial charge in [-0.1, -0.05) is 227 Å². The van der Waals surface area contributed by atoms with Gasteiger partial charge < -0.3 is 59.1 Å². The van der Waals surface area contributed by atoms with E-state index < -0.39 is 5.97 Å². The summed E-state index contributed by atoms with van der Waals surface area (Å²) >= 11 is 5.72. The van der Waals surface area contributed by atoms with Gasteiger partial charge in [0, 0.05) is 37.6 Å². The van der Waals surface area contributed by atoms with Crippen LogP contribution in [0.1, 0.15) is 349 Å². The van der Waals surface area contributed by atoms with Gasteiger partial charge in [-0.15, -0.1) is 0 Å². The Bertz CT molecular complexity index is 4240. The largest absolute Gasteiger partial charge is 0.506 e. The van der Waals surface area contributed by atoms with Crippen LogP contribution in [0.5, 0.6) is 23.0 Å². The van der Waals surface area contributed by atoms with Crippen LogP contribution in [-0.4, -0.2) is 119 Å². The number of phenols is 1. The van der Waals surface area contributed by atoms with Gasteiger partial charge in [0.2, 0.25) is 0 Å². The molecule has 18 heteroatoms. The van der Waals surface area contributed by atoms with Gasteiger partial charge in [0.05, 0.1) is 92.8 Å². The van der Waals surface area contributed by atoms with E-state index in [0.29, 0.717) is 65.6 Å². The number of nitrogens with one attached hydrogen (secondary N) is 3. The van der Waals surface area contributed by atoms with Crippen LogP contribution in [0.4, 0.5) is 22.7 Å². The van der Waals surface area contributed by atoms with Crippen LogP contribution in [0, 0.1) is 0 Å². The predicted molar refractivity (Wildman–Crippen MR) is 572 cm³/mol. The average Bonchev–Trinajstić information content (AvgIpc) is 0.827. The molecule has 0 aromatic heterocycles. The summed E-state index contributed by atoms with van der Waals surface area (Å²) in [4.78, 5) is 50.4. The number of phenolic OH excluding ortho intramolecular Hbond substituents is 1. The second-order valence-corrected chi connectivity index (χ2v) is 36.8. The van der Waals surface area contributed by atoms with Crippen LogP contribution in [0.25, 0.3) is 0 Å². The van der Waals surface area contributed by atoms with Crippen molar-refractivity contribution in [2.75, 3.05) is 99.7 Å². The molecule has 4 N–H and O–H groups in total. The quantitative estimate of drug-likeness (QED) is 0.00814. The number of esters is 4. The fourth-order valence-corrected chi connectivity index (χ4v) is 12.0. The molecule has 0 bridgehead atoms. The molecule has 2 atom stereocenters. The predicted octanol–water partition coefficient (Wildman–Crippen LogP) is 32.5. The topological polar surface area (TPSA) is 192 Å². The van der Waals surface area contributed by atoms with E-state index in [9.17, 15) is 24.3 Å². The summed E-state index contributed by atoms with van der Waals surface area (Å²) < 4.78 is 38.4. The molecule has 0 saturated carbocycles. The second-order valence-electron chi connectivity index (χ2n) is 34.1. The number of anilines is 4. The zero-order valence-electron chi connectivity index (χ0n) is 85.9. The van der Waals surface area contributed by atoms with E-state index >= 15 is 0 Å². The first-order valence-corrected chi connectivity index (χ1v) is 49.9. The molecule has 4 rings (SSSR count). The molecule has 16 nitrogen and oxygen atoms in total. The number of carbonyl (C=O) groups excluding carboxylic acids is 4. The molecule has 0 radical (unpaired) electrons. The standard InChI is InChI=1S/C29H45NO3.C27H41NO3.C26H39NO3.C23H33NO3.C4H9Br.C3H7I/c1-8-19-30(20-18-25(6)15-11-14-24(5)13-10-12-23(3)4)27-22-26(29(31)32-7)16-17-28(27)33-21-9-2;1-8-23(6)31-26-16-15-24(27(29)30-7)19-25(26)28-18-17-22(5)14-10-13-21(4)12-9-11-20(2)3;1-7-18-30-25-15-14-23(26(28)29-6)19-24(25)27-17-16-22(5)13-9-12-21(4)11-8-10-20(2)3;1-17(2)8-6-9-18(3)10-7-11-19(4)14-15-24-21-16-20(23(26)27-5)12-13-22(21)25;1-3-4(2)5;1-2-3-4/h12,14,16-18,22H,8-11,13,15,19-21H2,1-7H3;11,13,15-17,19,23,28H,8-10,12,14,18H2,1-7H3;10,12,14-16,19,27H,7-9,11,13,17-18H2,1-6H3;8,10,12-14,16,24-25H,6-7,9,11,15H2,1-5H3;4H,3H2,1-2H3;2-3H2,1H3/b24-14+,25-18+;21-13+,22-17+;21-12+,22-16+;18-10+,19-14+;;. The second kappa shape index (κ2) is 77.8. The summed E-state index contributed by atoms with van der Waals surface area (Å²) in [5.74, 6) is 0.996. The molecule has 0 saturated heterocycles. The van der Waals surface area contributed by atoms with Crippen LogP contribution < -0.4 is 35.1 Å². The van der Waals surface area contributed by atoms with Crippen LogP contribution in [0.3, 0.4) is 0 Å². The van der Waals surface area contributed by atoms with E-state index in [1.165, 1.54) is 119 Å². The van der Waals surface area contributed by atoms with E-state index in [-0.39, 0.29) is 29.8 Å². The van der Waals surface area contributed by atoms with Gasteiger partial charge in [0.25, 0.3) is 0 Å². The molecule has 0 amide bonds. The highest BCUT2D eigenvalue weighted by molar-refractivity contribution is 14.1. The van der Waals surface area contributed by atoms with Crippen molar-refractivity contribution in [3.8, 4) is 23.0 Å². The van der Waals surface area contributed by atoms with Crippen molar-refractivity contribution >= 4 is 85.1 Å². The lowest BCUT2D eigenvalue weighted by Gasteiger charge is -2.26. The molecule has 728 valence electrons. The third kappa shape index (κ3) is 63.3. The molecular weight excluding hydrogens is 1800 g/mol. The monoisotopic (exact) mass is 1970 g/mol. The Morgan fingerprint density at radius 3 is 0.977 bits per heavy atom. The Morgan fingerprint density at radius 1 is 0.377 bits per heavy atom. The summed E-state index contributed by atoms with van der Waals surface area (Å²) in [6, 6.07) is 20.9. The molecule has 0 fully saturated rings. The lowest BCUT2D eigenvalue weighted by atomic mass is 10.1. The van der Waals surface area contributed by atoms with Gasteiger partial charge in [-0.3, -0.25) is 0 Å². The number of methoxy groups -OCH3 is 4. The number of aromatic hydroxyl groups is 1. The van der Waals surface area contributed by atoms with E-state index in [0.717, 1.165) is 176 Å². The average molecular weight is 1980 g/mol. The molecule has 130 heavy (non-hydrogen) atoms. The highest BCUT2D eigenvalue weighted by atomic mass is 127. The number of hydrogen-bond donors (Lipinski definition) is 4. The first-order valence-electron chi connectivity index (χ1n) is 47.4. The Kier molecular flexibility index (Phi) is 73.8. The molecule has 0 heterocycles. The smallest absolute Gasteiger partial charge is 0.337 e. The van der Waals surface area contributed by atoms with Crippen LogP contribution >= 0.6 is 38.5 Å². The molecule has 0 aliphatic rings. The van der Waals surface area contributed by atoms with Gasteiger partial charge in [0.15, 0.2) is 0 Å². The molecule has 0 aliphatic heterocycles. The number of carbonyl (C=O) groups is 4. The van der Waals surface area contributed by atoms with Crippen molar-refractivity contribution in [2.45, 2.75) is 318 Å². The third-order valence-corrected chi connectivity index (χ3v) is 22.1. The minimum atomic E-state index is -0.420. The van der Waals surface area contributed by atoms with Gasteiger partial charge >= 0.3 is 23.9 Å². The Balaban J connectivity index is 0. The van der Waals surface area contributed by atoms with Crippen LogP contribution in [-0.2, 0) is 18.9 Å². The lowest BCUT2D eigenvalue weighted by molar-refractivity contribution is 0.0592. The number of hydrogen-bond acceptors (Lipinski definition) is 16. The van der Waals surface area contributed by atoms with Gasteiger partial charge in [-0.25, -0.2) is 19.2 Å². The molecular formula is C112H174BrIN4O12. The highest BCUT2D eigenvalue weighted by Gasteiger charge is 2.18. The minimum Gasteiger partial charge on any atom is -0.506 e. The van der Waals surface area contributed by atoms with Crippen molar-refractivity contribution in [3.05, 3.63) is 235 Å². The fraction of sp³-hybridized carbons (Fsp3) is 0.536. The van der Waals surface area contributed by atoms with Crippen molar-refractivity contribution < 1.29 is 57.4 Å². The van der Waals surface area contributed by atoms with Gasteiger partial charge in [-0.05, 0) is 336 Å². The lowest BCUT2D eigenvalue weighted by Crippen LogP contribution is -2.25. The molecule has 0 spiro atoms. The van der Waals surface area contributed by atoms with Crippen molar-refractivity contribution in [1.82, 2.24) is 0 Å². The maximum absolute atomic E-state index is 12.1. The Labute approximate surface area is 812 Å². The minimum absolute atomic E-state index is 0.105. The normalized spacial score (nSPS) is 12.1. The van der Waals surface area contributed by atoms with Crippen molar-refractivity contribution in [2.24, 2.45) is 0 Å². The zero-order chi connectivity index (χ0) is 98.2. The number of benzene rings is 4. The Hall–Kier alpha value is -8.75. The van der Waals surface area contributed by atoms with Crippen LogP contribution in [0.15, 0.2) is 213 Å². The molecule has 2 unspecified atom stereocenters. The highest BCUT2D eigenvalue weighted by Crippen LogP contribution is 2.33. The molecule has 0 aliphatic carbocycles. The summed E-state index contributed by atoms with van der Waals surface area (Å²) in [5.41, 5.74) is 21.8. The maximum Gasteiger partial charge on any atom is 0.337 e. The van der Waals surface area contributed by atoms with E-state index in [1.807, 2.05) is 31.2 Å². The molecule has 4 aromatic rings. The number of nitrogens with zero attached hydrogens (tertiary/aromatic N) is 1. The number of rotatable bonds is 53. The number of halogens is 2. The number of allylic oxidation sites excluding steroid dienone is 20. The maximum atomic E-state index is 12.1. The first-order chi connectivity index (χ1) is 62.0. The Morgan fingerprint density at radius 2 is 0.662 bits per heavy atom. The van der Waals surface area contributed by atoms with Gasteiger partial charge in [0.1, 0.15) is 23.0 Å². The summed E-state index contributed by atoms with van der Waals surface area (Å²) in [6.45, 7) is 56.5. The number of ether oxygens (including phenoxy) is 7. The van der Waals surface area contributed by atoms with Crippen molar-refractivity contribution in [1.29, 1.82) is 0 Å². The van der Waals surface area contributed by atoms with Crippen LogP contribution in [0.2, 0.25) is 0 Å².